The number of nitrogens with zero attached hydrogens (tertiary/aromatic N) is 5. The topological polar surface area (TPSA) is 66.3 Å². The summed E-state index contributed by atoms with van der Waals surface area (Å²) < 4.78 is 28.4. The first-order valence-electron chi connectivity index (χ1n) is 8.82. The lowest BCUT2D eigenvalue weighted by atomic mass is 10.3. The Kier molecular flexibility index (Phi) is 4.88. The van der Waals surface area contributed by atoms with E-state index >= 15 is 0 Å². The fraction of sp³-hybridized carbons (Fsp3) is 0.211. The maximum atomic E-state index is 13.3. The highest BCUT2D eigenvalue weighted by atomic mass is 19.1. The first-order chi connectivity index (χ1) is 13.6. The quantitative estimate of drug-likeness (QED) is 0.754. The second-order valence-electron chi connectivity index (χ2n) is 6.40. The second kappa shape index (κ2) is 7.63. The molecule has 1 saturated heterocycles. The molecule has 7 nitrogen and oxygen atoms in total. The molecule has 1 aromatic carbocycles. The Labute approximate surface area is 160 Å². The van der Waals surface area contributed by atoms with Crippen LogP contribution in [-0.2, 0) is 0 Å². The molecular formula is C19H18F2N6O. The number of urea groups is 1. The monoisotopic (exact) mass is 384 g/mol. The van der Waals surface area contributed by atoms with Crippen molar-refractivity contribution < 1.29 is 13.6 Å². The second-order valence-corrected chi connectivity index (χ2v) is 6.40. The Bertz CT molecular complexity index is 933. The lowest BCUT2D eigenvalue weighted by molar-refractivity contribution is 0.208. The SMILES string of the molecule is O=C(Nc1cc(F)cc(F)c1)N1CCN(c2ccc(-n3cccc3)nn2)CC1. The van der Waals surface area contributed by atoms with Crippen molar-refractivity contribution in [3.63, 3.8) is 0 Å². The Balaban J connectivity index is 1.34. The fourth-order valence-electron chi connectivity index (χ4n) is 3.08. The van der Waals surface area contributed by atoms with E-state index < -0.39 is 17.7 Å². The number of carbonyl (C=O) groups is 1. The molecule has 1 N–H and O–H groups in total. The molecular weight excluding hydrogens is 366 g/mol. The molecule has 0 atom stereocenters. The molecule has 2 amide bonds. The third-order valence-corrected chi connectivity index (χ3v) is 4.51. The van der Waals surface area contributed by atoms with Crippen LogP contribution in [0.15, 0.2) is 54.9 Å². The summed E-state index contributed by atoms with van der Waals surface area (Å²) in [6, 6.07) is 10.2. The van der Waals surface area contributed by atoms with Gasteiger partial charge < -0.3 is 19.7 Å². The zero-order chi connectivity index (χ0) is 19.5. The van der Waals surface area contributed by atoms with Crippen LogP contribution >= 0.6 is 0 Å². The molecule has 1 aliphatic heterocycles. The summed E-state index contributed by atoms with van der Waals surface area (Å²) in [6.45, 7) is 2.10. The van der Waals surface area contributed by atoms with Gasteiger partial charge in [0.2, 0.25) is 0 Å². The van der Waals surface area contributed by atoms with Gasteiger partial charge in [0.1, 0.15) is 11.6 Å². The maximum Gasteiger partial charge on any atom is 0.321 e. The van der Waals surface area contributed by atoms with Crippen LogP contribution in [0.2, 0.25) is 0 Å². The van der Waals surface area contributed by atoms with E-state index in [0.717, 1.165) is 29.8 Å². The van der Waals surface area contributed by atoms with Crippen LogP contribution in [0.1, 0.15) is 0 Å². The number of amides is 2. The maximum absolute atomic E-state index is 13.3. The summed E-state index contributed by atoms with van der Waals surface area (Å²) in [5.41, 5.74) is 0.0939. The van der Waals surface area contributed by atoms with Crippen LogP contribution in [0, 0.1) is 11.6 Å². The van der Waals surface area contributed by atoms with E-state index in [2.05, 4.69) is 15.5 Å². The molecule has 0 unspecified atom stereocenters. The third-order valence-electron chi connectivity index (χ3n) is 4.51. The molecule has 1 aliphatic rings. The molecule has 3 aromatic rings. The van der Waals surface area contributed by atoms with Gasteiger partial charge in [0.15, 0.2) is 11.6 Å². The minimum Gasteiger partial charge on any atom is -0.352 e. The molecule has 0 spiro atoms. The number of carbonyl (C=O) groups excluding carboxylic acids is 1. The summed E-state index contributed by atoms with van der Waals surface area (Å²) in [6.07, 6.45) is 3.79. The molecule has 0 bridgehead atoms. The van der Waals surface area contributed by atoms with Crippen molar-refractivity contribution in [1.82, 2.24) is 19.7 Å². The summed E-state index contributed by atoms with van der Waals surface area (Å²) in [5.74, 6) is 0.00126. The van der Waals surface area contributed by atoms with E-state index in [9.17, 15) is 13.6 Å². The van der Waals surface area contributed by atoms with Crippen LogP contribution in [0.4, 0.5) is 25.1 Å². The van der Waals surface area contributed by atoms with Gasteiger partial charge in [-0.15, -0.1) is 10.2 Å². The molecule has 28 heavy (non-hydrogen) atoms. The molecule has 2 aromatic heterocycles. The molecule has 0 saturated carbocycles. The summed E-state index contributed by atoms with van der Waals surface area (Å²) in [5, 5.41) is 11.0. The highest BCUT2D eigenvalue weighted by Crippen LogP contribution is 2.17. The predicted molar refractivity (Wildman–Crippen MR) is 101 cm³/mol. The van der Waals surface area contributed by atoms with E-state index in [1.54, 1.807) is 4.90 Å². The summed E-state index contributed by atoms with van der Waals surface area (Å²) in [4.78, 5) is 16.0. The number of hydrogen-bond donors (Lipinski definition) is 1. The number of halogens is 2. The van der Waals surface area contributed by atoms with Crippen molar-refractivity contribution in [2.45, 2.75) is 0 Å². The van der Waals surface area contributed by atoms with Crippen molar-refractivity contribution in [2.24, 2.45) is 0 Å². The largest absolute Gasteiger partial charge is 0.352 e. The first-order valence-corrected chi connectivity index (χ1v) is 8.82. The van der Waals surface area contributed by atoms with Crippen LogP contribution < -0.4 is 10.2 Å². The lowest BCUT2D eigenvalue weighted by Gasteiger charge is -2.35. The number of aromatic nitrogens is 3. The van der Waals surface area contributed by atoms with Gasteiger partial charge >= 0.3 is 6.03 Å². The van der Waals surface area contributed by atoms with Crippen LogP contribution in [-0.4, -0.2) is 51.9 Å². The van der Waals surface area contributed by atoms with Crippen molar-refractivity contribution in [1.29, 1.82) is 0 Å². The van der Waals surface area contributed by atoms with E-state index in [-0.39, 0.29) is 5.69 Å². The van der Waals surface area contributed by atoms with Gasteiger partial charge in [-0.3, -0.25) is 0 Å². The predicted octanol–water partition coefficient (Wildman–Crippen LogP) is 2.90. The van der Waals surface area contributed by atoms with Crippen LogP contribution in [0.25, 0.3) is 5.82 Å². The molecule has 9 heteroatoms. The number of nitrogens with one attached hydrogen (secondary N) is 1. The molecule has 1 fully saturated rings. The van der Waals surface area contributed by atoms with Gasteiger partial charge in [0.25, 0.3) is 0 Å². The molecule has 0 radical (unpaired) electrons. The van der Waals surface area contributed by atoms with Gasteiger partial charge in [-0.2, -0.15) is 0 Å². The minimum atomic E-state index is -0.734. The van der Waals surface area contributed by atoms with Crippen molar-refractivity contribution >= 4 is 17.5 Å². The highest BCUT2D eigenvalue weighted by Gasteiger charge is 2.22. The summed E-state index contributed by atoms with van der Waals surface area (Å²) in [7, 11) is 0. The molecule has 0 aliphatic carbocycles. The van der Waals surface area contributed by atoms with E-state index in [4.69, 9.17) is 0 Å². The zero-order valence-corrected chi connectivity index (χ0v) is 14.9. The van der Waals surface area contributed by atoms with Crippen molar-refractivity contribution in [2.75, 3.05) is 36.4 Å². The van der Waals surface area contributed by atoms with Gasteiger partial charge in [0.05, 0.1) is 0 Å². The highest BCUT2D eigenvalue weighted by molar-refractivity contribution is 5.89. The first kappa shape index (κ1) is 17.9. The van der Waals surface area contributed by atoms with Crippen LogP contribution in [0.5, 0.6) is 0 Å². The molecule has 4 rings (SSSR count). The number of rotatable bonds is 3. The standard InChI is InChI=1S/C19H18F2N6O/c20-14-11-15(21)13-16(12-14)22-19(28)27-9-7-26(8-10-27)18-4-3-17(23-24-18)25-5-1-2-6-25/h1-6,11-13H,7-10H2,(H,22,28). The average molecular weight is 384 g/mol. The smallest absolute Gasteiger partial charge is 0.321 e. The normalized spacial score (nSPS) is 14.2. The number of benzene rings is 1. The Morgan fingerprint density at radius 1 is 0.893 bits per heavy atom. The van der Waals surface area contributed by atoms with E-state index in [1.807, 2.05) is 46.1 Å². The van der Waals surface area contributed by atoms with Crippen LogP contribution in [0.3, 0.4) is 0 Å². The summed E-state index contributed by atoms with van der Waals surface area (Å²) >= 11 is 0. The Morgan fingerprint density at radius 2 is 1.50 bits per heavy atom. The van der Waals surface area contributed by atoms with Gasteiger partial charge in [-0.1, -0.05) is 0 Å². The minimum absolute atomic E-state index is 0.0939. The van der Waals surface area contributed by atoms with Gasteiger partial charge in [-0.25, -0.2) is 13.6 Å². The third kappa shape index (κ3) is 3.93. The molecule has 3 heterocycles. The average Bonchev–Trinajstić information content (AvgIpc) is 3.22. The lowest BCUT2D eigenvalue weighted by Crippen LogP contribution is -2.50. The van der Waals surface area contributed by atoms with E-state index in [1.165, 1.54) is 0 Å². The van der Waals surface area contributed by atoms with E-state index in [0.29, 0.717) is 26.2 Å². The number of anilines is 2. The fourth-order valence-corrected chi connectivity index (χ4v) is 3.08. The van der Waals surface area contributed by atoms with Crippen molar-refractivity contribution in [3.8, 4) is 5.82 Å². The zero-order valence-electron chi connectivity index (χ0n) is 14.9. The Morgan fingerprint density at radius 3 is 2.11 bits per heavy atom. The Hall–Kier alpha value is -3.49. The van der Waals surface area contributed by atoms with Crippen molar-refractivity contribution in [3.05, 3.63) is 66.5 Å². The number of piperazine rings is 1. The van der Waals surface area contributed by atoms with Gasteiger partial charge in [-0.05, 0) is 36.4 Å². The number of hydrogen-bond acceptors (Lipinski definition) is 4. The molecule has 144 valence electrons. The van der Waals surface area contributed by atoms with Gasteiger partial charge in [0, 0.05) is 50.3 Å².